The van der Waals surface area contributed by atoms with E-state index >= 15 is 0 Å². The molecular weight excluding hydrogens is 214 g/mol. The fourth-order valence-corrected chi connectivity index (χ4v) is 2.61. The first kappa shape index (κ1) is 11.2. The van der Waals surface area contributed by atoms with Crippen LogP contribution in [0.15, 0.2) is 0 Å². The van der Waals surface area contributed by atoms with Crippen LogP contribution in [0.1, 0.15) is 6.42 Å². The molecular formula is C7H14ClNO3S. The van der Waals surface area contributed by atoms with Crippen molar-refractivity contribution >= 4 is 21.6 Å². The Balaban J connectivity index is 2.24. The third kappa shape index (κ3) is 4.26. The van der Waals surface area contributed by atoms with Gasteiger partial charge >= 0.3 is 0 Å². The lowest BCUT2D eigenvalue weighted by Gasteiger charge is -2.08. The van der Waals surface area contributed by atoms with E-state index in [1.165, 1.54) is 0 Å². The second kappa shape index (κ2) is 5.14. The predicted octanol–water partition coefficient (Wildman–Crippen LogP) is 0.181. The summed E-state index contributed by atoms with van der Waals surface area (Å²) in [5, 5.41) is 0. The fourth-order valence-electron chi connectivity index (χ4n) is 1.16. The fraction of sp³-hybridized carbons (Fsp3) is 1.00. The third-order valence-electron chi connectivity index (χ3n) is 1.96. The maximum Gasteiger partial charge on any atom is 0.212 e. The van der Waals surface area contributed by atoms with Gasteiger partial charge in [-0.2, -0.15) is 0 Å². The summed E-state index contributed by atoms with van der Waals surface area (Å²) in [6.45, 7) is 1.87. The molecule has 1 aliphatic heterocycles. The molecule has 0 aliphatic carbocycles. The summed E-state index contributed by atoms with van der Waals surface area (Å²) in [5.74, 6) is 0.448. The standard InChI is InChI=1S/C7H14ClNO3S/c8-2-4-13(10,11)9-5-7-1-3-12-6-7/h7,9H,1-6H2. The maximum atomic E-state index is 11.2. The SMILES string of the molecule is O=S(=O)(CCCl)NCC1CCOC1. The van der Waals surface area contributed by atoms with Crippen LogP contribution in [0.2, 0.25) is 0 Å². The van der Waals surface area contributed by atoms with Crippen molar-refractivity contribution < 1.29 is 13.2 Å². The summed E-state index contributed by atoms with van der Waals surface area (Å²) >= 11 is 5.34. The zero-order valence-electron chi connectivity index (χ0n) is 7.33. The first-order valence-corrected chi connectivity index (χ1v) is 6.44. The second-order valence-electron chi connectivity index (χ2n) is 3.09. The van der Waals surface area contributed by atoms with Crippen LogP contribution >= 0.6 is 11.6 Å². The lowest BCUT2D eigenvalue weighted by Crippen LogP contribution is -2.31. The van der Waals surface area contributed by atoms with Crippen LogP contribution < -0.4 is 4.72 Å². The van der Waals surface area contributed by atoms with E-state index in [0.717, 1.165) is 13.0 Å². The molecule has 78 valence electrons. The molecule has 1 aliphatic rings. The van der Waals surface area contributed by atoms with Gasteiger partial charge in [0, 0.05) is 19.0 Å². The third-order valence-corrected chi connectivity index (χ3v) is 3.72. The van der Waals surface area contributed by atoms with E-state index in [0.29, 0.717) is 19.1 Å². The first-order chi connectivity index (χ1) is 6.14. The van der Waals surface area contributed by atoms with Gasteiger partial charge in [-0.05, 0) is 12.3 Å². The minimum Gasteiger partial charge on any atom is -0.381 e. The van der Waals surface area contributed by atoms with E-state index in [2.05, 4.69) is 4.72 Å². The van der Waals surface area contributed by atoms with Gasteiger partial charge in [0.1, 0.15) is 0 Å². The van der Waals surface area contributed by atoms with Gasteiger partial charge in [0.25, 0.3) is 0 Å². The normalized spacial score (nSPS) is 23.6. The molecule has 0 aromatic heterocycles. The van der Waals surface area contributed by atoms with Crippen molar-refractivity contribution in [2.75, 3.05) is 31.4 Å². The number of halogens is 1. The molecule has 1 rings (SSSR count). The molecule has 1 N–H and O–H groups in total. The lowest BCUT2D eigenvalue weighted by molar-refractivity contribution is 0.186. The van der Waals surface area contributed by atoms with E-state index in [1.54, 1.807) is 0 Å². The molecule has 1 saturated heterocycles. The monoisotopic (exact) mass is 227 g/mol. The van der Waals surface area contributed by atoms with Crippen LogP contribution in [0.25, 0.3) is 0 Å². The van der Waals surface area contributed by atoms with Crippen molar-refractivity contribution in [1.82, 2.24) is 4.72 Å². The molecule has 0 aromatic carbocycles. The van der Waals surface area contributed by atoms with Gasteiger partial charge in [-0.25, -0.2) is 13.1 Å². The molecule has 0 aromatic rings. The zero-order valence-corrected chi connectivity index (χ0v) is 8.90. The summed E-state index contributed by atoms with van der Waals surface area (Å²) in [7, 11) is -3.16. The van der Waals surface area contributed by atoms with Gasteiger partial charge in [0.2, 0.25) is 10.0 Å². The second-order valence-corrected chi connectivity index (χ2v) is 5.39. The first-order valence-electron chi connectivity index (χ1n) is 4.25. The molecule has 1 atom stereocenters. The number of hydrogen-bond donors (Lipinski definition) is 1. The number of alkyl halides is 1. The van der Waals surface area contributed by atoms with Crippen LogP contribution in [-0.2, 0) is 14.8 Å². The van der Waals surface area contributed by atoms with E-state index in [-0.39, 0.29) is 11.6 Å². The van der Waals surface area contributed by atoms with Gasteiger partial charge in [-0.1, -0.05) is 0 Å². The Hall–Kier alpha value is 0.160. The van der Waals surface area contributed by atoms with Crippen LogP contribution in [0.4, 0.5) is 0 Å². The average Bonchev–Trinajstić information content (AvgIpc) is 2.52. The minimum absolute atomic E-state index is 0.0118. The Morgan fingerprint density at radius 1 is 1.54 bits per heavy atom. The molecule has 0 bridgehead atoms. The highest BCUT2D eigenvalue weighted by atomic mass is 35.5. The van der Waals surface area contributed by atoms with E-state index in [9.17, 15) is 8.42 Å². The summed E-state index contributed by atoms with van der Waals surface area (Å²) in [4.78, 5) is 0. The van der Waals surface area contributed by atoms with Crippen LogP contribution in [0.5, 0.6) is 0 Å². The molecule has 1 fully saturated rings. The van der Waals surface area contributed by atoms with Crippen molar-refractivity contribution in [3.63, 3.8) is 0 Å². The number of nitrogens with one attached hydrogen (secondary N) is 1. The molecule has 1 unspecified atom stereocenters. The van der Waals surface area contributed by atoms with Crippen molar-refractivity contribution in [3.05, 3.63) is 0 Å². The lowest BCUT2D eigenvalue weighted by atomic mass is 10.1. The van der Waals surface area contributed by atoms with Crippen LogP contribution in [0, 0.1) is 5.92 Å². The average molecular weight is 228 g/mol. The van der Waals surface area contributed by atoms with Crippen molar-refractivity contribution in [2.24, 2.45) is 5.92 Å². The molecule has 0 spiro atoms. The Kier molecular flexibility index (Phi) is 4.45. The number of ether oxygens (including phenoxy) is 1. The van der Waals surface area contributed by atoms with Crippen LogP contribution in [-0.4, -0.2) is 39.8 Å². The Morgan fingerprint density at radius 2 is 2.31 bits per heavy atom. The quantitative estimate of drug-likeness (QED) is 0.682. The van der Waals surface area contributed by atoms with Gasteiger partial charge in [0.15, 0.2) is 0 Å². The Morgan fingerprint density at radius 3 is 2.85 bits per heavy atom. The molecule has 0 radical (unpaired) electrons. The number of rotatable bonds is 5. The zero-order chi connectivity index (χ0) is 9.73. The highest BCUT2D eigenvalue weighted by molar-refractivity contribution is 7.89. The molecule has 6 heteroatoms. The Labute approximate surface area is 83.7 Å². The molecule has 1 heterocycles. The summed E-state index contributed by atoms with van der Waals surface area (Å²) in [6, 6.07) is 0. The topological polar surface area (TPSA) is 55.4 Å². The summed E-state index contributed by atoms with van der Waals surface area (Å²) in [5.41, 5.74) is 0. The Bertz CT molecular complexity index is 236. The molecule has 4 nitrogen and oxygen atoms in total. The van der Waals surface area contributed by atoms with Crippen molar-refractivity contribution in [3.8, 4) is 0 Å². The number of hydrogen-bond acceptors (Lipinski definition) is 3. The summed E-state index contributed by atoms with van der Waals surface area (Å²) < 4.78 is 29.9. The maximum absolute atomic E-state index is 11.2. The highest BCUT2D eigenvalue weighted by Gasteiger charge is 2.18. The molecule has 0 saturated carbocycles. The van der Waals surface area contributed by atoms with Crippen molar-refractivity contribution in [1.29, 1.82) is 0 Å². The smallest absolute Gasteiger partial charge is 0.212 e. The highest BCUT2D eigenvalue weighted by Crippen LogP contribution is 2.10. The van der Waals surface area contributed by atoms with Crippen molar-refractivity contribution in [2.45, 2.75) is 6.42 Å². The van der Waals surface area contributed by atoms with Crippen LogP contribution in [0.3, 0.4) is 0 Å². The van der Waals surface area contributed by atoms with Gasteiger partial charge < -0.3 is 4.74 Å². The largest absolute Gasteiger partial charge is 0.381 e. The molecule has 13 heavy (non-hydrogen) atoms. The molecule has 0 amide bonds. The van der Waals surface area contributed by atoms with Gasteiger partial charge in [0.05, 0.1) is 12.4 Å². The summed E-state index contributed by atoms with van der Waals surface area (Å²) in [6.07, 6.45) is 0.934. The predicted molar refractivity (Wildman–Crippen MR) is 51.4 cm³/mol. The van der Waals surface area contributed by atoms with Gasteiger partial charge in [-0.15, -0.1) is 11.6 Å². The van der Waals surface area contributed by atoms with Gasteiger partial charge in [-0.3, -0.25) is 0 Å². The number of sulfonamides is 1. The van der Waals surface area contributed by atoms with E-state index < -0.39 is 10.0 Å². The van der Waals surface area contributed by atoms with E-state index in [4.69, 9.17) is 16.3 Å². The van der Waals surface area contributed by atoms with E-state index in [1.807, 2.05) is 0 Å². The minimum atomic E-state index is -3.16.